The number of rotatable bonds is 7. The number of aromatic nitrogens is 2. The summed E-state index contributed by atoms with van der Waals surface area (Å²) in [5.74, 6) is -0.374. The van der Waals surface area contributed by atoms with E-state index >= 15 is 0 Å². The Labute approximate surface area is 196 Å². The van der Waals surface area contributed by atoms with Crippen LogP contribution in [-0.2, 0) is 0 Å². The van der Waals surface area contributed by atoms with Gasteiger partial charge in [0.25, 0.3) is 5.91 Å². The maximum absolute atomic E-state index is 12.8. The number of amides is 1. The summed E-state index contributed by atoms with van der Waals surface area (Å²) in [7, 11) is 0. The molecule has 2 aromatic heterocycles. The normalized spacial score (nSPS) is 14.0. The van der Waals surface area contributed by atoms with Gasteiger partial charge in [0.05, 0.1) is 16.3 Å². The third kappa shape index (κ3) is 5.59. The molecule has 1 amide bonds. The quantitative estimate of drug-likeness (QED) is 0.474. The lowest BCUT2D eigenvalue weighted by atomic mass is 9.95. The van der Waals surface area contributed by atoms with Crippen LogP contribution < -0.4 is 15.5 Å². The van der Waals surface area contributed by atoms with Gasteiger partial charge in [-0.3, -0.25) is 9.78 Å². The van der Waals surface area contributed by atoms with Gasteiger partial charge in [-0.25, -0.2) is 9.78 Å². The summed E-state index contributed by atoms with van der Waals surface area (Å²) in [5, 5.41) is 16.1. The van der Waals surface area contributed by atoms with Crippen molar-refractivity contribution in [2.24, 2.45) is 5.92 Å². The van der Waals surface area contributed by atoms with Crippen LogP contribution >= 0.6 is 11.6 Å². The molecule has 3 N–H and O–H groups in total. The summed E-state index contributed by atoms with van der Waals surface area (Å²) in [4.78, 5) is 34.4. The summed E-state index contributed by atoms with van der Waals surface area (Å²) >= 11 is 5.85. The summed E-state index contributed by atoms with van der Waals surface area (Å²) in [6.45, 7) is 2.25. The fraction of sp³-hybridized carbons (Fsp3) is 0.250. The van der Waals surface area contributed by atoms with Gasteiger partial charge in [0.15, 0.2) is 0 Å². The molecule has 8 nitrogen and oxygen atoms in total. The molecule has 0 spiro atoms. The van der Waals surface area contributed by atoms with E-state index in [2.05, 4.69) is 25.5 Å². The lowest BCUT2D eigenvalue weighted by Crippen LogP contribution is -2.36. The van der Waals surface area contributed by atoms with Gasteiger partial charge in [-0.1, -0.05) is 23.7 Å². The second-order valence-corrected chi connectivity index (χ2v) is 8.31. The van der Waals surface area contributed by atoms with Gasteiger partial charge in [0.2, 0.25) is 0 Å². The molecule has 1 aliphatic rings. The molecule has 1 fully saturated rings. The first-order chi connectivity index (χ1) is 16.0. The number of para-hydroxylation sites is 1. The van der Waals surface area contributed by atoms with Crippen molar-refractivity contribution in [3.63, 3.8) is 0 Å². The second-order valence-electron chi connectivity index (χ2n) is 7.87. The fourth-order valence-electron chi connectivity index (χ4n) is 3.93. The predicted molar refractivity (Wildman–Crippen MR) is 128 cm³/mol. The van der Waals surface area contributed by atoms with Gasteiger partial charge in [-0.2, -0.15) is 0 Å². The first-order valence-corrected chi connectivity index (χ1v) is 11.1. The Morgan fingerprint density at radius 3 is 2.58 bits per heavy atom. The van der Waals surface area contributed by atoms with Gasteiger partial charge in [0, 0.05) is 43.9 Å². The topological polar surface area (TPSA) is 107 Å². The highest BCUT2D eigenvalue weighted by Gasteiger charge is 2.23. The first kappa shape index (κ1) is 22.5. The summed E-state index contributed by atoms with van der Waals surface area (Å²) in [5.41, 5.74) is 2.23. The molecule has 33 heavy (non-hydrogen) atoms. The minimum absolute atomic E-state index is 0.226. The maximum Gasteiger partial charge on any atom is 0.339 e. The van der Waals surface area contributed by atoms with Crippen LogP contribution in [-0.4, -0.2) is 46.6 Å². The molecular formula is C24H24ClN5O3. The number of carbonyl (C=O) groups is 2. The zero-order valence-corrected chi connectivity index (χ0v) is 18.6. The summed E-state index contributed by atoms with van der Waals surface area (Å²) in [6.07, 6.45) is 6.33. The van der Waals surface area contributed by atoms with Crippen LogP contribution in [0.25, 0.3) is 0 Å². The number of carbonyl (C=O) groups excluding carboxylic acids is 1. The van der Waals surface area contributed by atoms with E-state index in [0.29, 0.717) is 28.0 Å². The van der Waals surface area contributed by atoms with E-state index in [1.165, 1.54) is 12.4 Å². The largest absolute Gasteiger partial charge is 0.478 e. The minimum atomic E-state index is -0.967. The highest BCUT2D eigenvalue weighted by atomic mass is 35.5. The van der Waals surface area contributed by atoms with Crippen molar-refractivity contribution < 1.29 is 14.7 Å². The molecule has 1 aromatic carbocycles. The van der Waals surface area contributed by atoms with Crippen LogP contribution in [0, 0.1) is 5.92 Å². The number of carboxylic acids is 1. The van der Waals surface area contributed by atoms with E-state index in [4.69, 9.17) is 11.6 Å². The molecule has 3 heterocycles. The SMILES string of the molecule is O=C(Nc1ccc(Cl)cn1)c1ccccc1NCC1CCN(c2ccncc2C(=O)O)CC1. The molecule has 0 atom stereocenters. The maximum atomic E-state index is 12.8. The number of hydrogen-bond donors (Lipinski definition) is 3. The van der Waals surface area contributed by atoms with Gasteiger partial charge in [0.1, 0.15) is 11.4 Å². The lowest BCUT2D eigenvalue weighted by molar-refractivity contribution is 0.0696. The van der Waals surface area contributed by atoms with E-state index in [0.717, 1.165) is 38.2 Å². The van der Waals surface area contributed by atoms with Crippen molar-refractivity contribution >= 4 is 40.7 Å². The molecule has 0 saturated carbocycles. The molecule has 4 rings (SSSR count). The van der Waals surface area contributed by atoms with Crippen LogP contribution in [0.4, 0.5) is 17.2 Å². The smallest absolute Gasteiger partial charge is 0.339 e. The van der Waals surface area contributed by atoms with Gasteiger partial charge in [-0.05, 0) is 49.1 Å². The van der Waals surface area contributed by atoms with Gasteiger partial charge in [-0.15, -0.1) is 0 Å². The van der Waals surface area contributed by atoms with Gasteiger partial charge >= 0.3 is 5.97 Å². The number of piperidine rings is 1. The molecule has 1 aliphatic heterocycles. The zero-order valence-electron chi connectivity index (χ0n) is 17.9. The average molecular weight is 466 g/mol. The van der Waals surface area contributed by atoms with Crippen LogP contribution in [0.2, 0.25) is 5.02 Å². The third-order valence-corrected chi connectivity index (χ3v) is 5.93. The van der Waals surface area contributed by atoms with E-state index in [1.807, 2.05) is 18.2 Å². The Morgan fingerprint density at radius 1 is 1.06 bits per heavy atom. The van der Waals surface area contributed by atoms with Crippen molar-refractivity contribution in [1.29, 1.82) is 0 Å². The Balaban J connectivity index is 1.35. The number of aromatic carboxylic acids is 1. The first-order valence-electron chi connectivity index (χ1n) is 10.7. The lowest BCUT2D eigenvalue weighted by Gasteiger charge is -2.34. The number of nitrogens with one attached hydrogen (secondary N) is 2. The summed E-state index contributed by atoms with van der Waals surface area (Å²) in [6, 6.07) is 12.4. The minimum Gasteiger partial charge on any atom is -0.478 e. The molecule has 1 saturated heterocycles. The van der Waals surface area contributed by atoms with Crippen molar-refractivity contribution in [1.82, 2.24) is 9.97 Å². The average Bonchev–Trinajstić information content (AvgIpc) is 2.84. The molecule has 170 valence electrons. The van der Waals surface area contributed by atoms with Crippen LogP contribution in [0.1, 0.15) is 33.6 Å². The van der Waals surface area contributed by atoms with Crippen molar-refractivity contribution in [2.45, 2.75) is 12.8 Å². The zero-order chi connectivity index (χ0) is 23.2. The predicted octanol–water partition coefficient (Wildman–Crippen LogP) is 4.41. The number of anilines is 3. The number of benzene rings is 1. The molecule has 0 radical (unpaired) electrons. The summed E-state index contributed by atoms with van der Waals surface area (Å²) < 4.78 is 0. The van der Waals surface area contributed by atoms with Crippen LogP contribution in [0.3, 0.4) is 0 Å². The van der Waals surface area contributed by atoms with E-state index < -0.39 is 5.97 Å². The van der Waals surface area contributed by atoms with Crippen LogP contribution in [0.5, 0.6) is 0 Å². The Kier molecular flexibility index (Phi) is 7.04. The molecule has 9 heteroatoms. The third-order valence-electron chi connectivity index (χ3n) is 5.71. The molecule has 0 bridgehead atoms. The monoisotopic (exact) mass is 465 g/mol. The Morgan fingerprint density at radius 2 is 1.85 bits per heavy atom. The second kappa shape index (κ2) is 10.3. The Bertz CT molecular complexity index is 1130. The van der Waals surface area contributed by atoms with Crippen molar-refractivity contribution in [3.05, 3.63) is 77.2 Å². The number of pyridine rings is 2. The number of hydrogen-bond acceptors (Lipinski definition) is 6. The molecular weight excluding hydrogens is 442 g/mol. The standard InChI is InChI=1S/C24H24ClN5O3/c25-17-5-6-22(28-14-17)29-23(31)18-3-1-2-4-20(18)27-13-16-8-11-30(12-9-16)21-7-10-26-15-19(21)24(32)33/h1-7,10,14-16,27H,8-9,11-13H2,(H,32,33)(H,28,29,31). The van der Waals surface area contributed by atoms with E-state index in [1.54, 1.807) is 30.5 Å². The highest BCUT2D eigenvalue weighted by Crippen LogP contribution is 2.27. The molecule has 0 unspecified atom stereocenters. The number of nitrogens with zero attached hydrogens (tertiary/aromatic N) is 3. The Hall–Kier alpha value is -3.65. The van der Waals surface area contributed by atoms with E-state index in [-0.39, 0.29) is 11.5 Å². The van der Waals surface area contributed by atoms with Gasteiger partial charge < -0.3 is 20.6 Å². The van der Waals surface area contributed by atoms with Crippen molar-refractivity contribution in [2.75, 3.05) is 35.2 Å². The molecule has 3 aromatic rings. The van der Waals surface area contributed by atoms with Crippen LogP contribution in [0.15, 0.2) is 61.1 Å². The van der Waals surface area contributed by atoms with Crippen molar-refractivity contribution in [3.8, 4) is 0 Å². The number of carboxylic acid groups (broad SMARTS) is 1. The number of halogens is 1. The molecule has 0 aliphatic carbocycles. The highest BCUT2D eigenvalue weighted by molar-refractivity contribution is 6.30. The van der Waals surface area contributed by atoms with E-state index in [9.17, 15) is 14.7 Å². The fourth-order valence-corrected chi connectivity index (χ4v) is 4.04.